The van der Waals surface area contributed by atoms with E-state index in [1.807, 2.05) is 85.2 Å². The molecule has 3 aromatic carbocycles. The Morgan fingerprint density at radius 3 is 2.49 bits per heavy atom. The van der Waals surface area contributed by atoms with Crippen LogP contribution in [0.2, 0.25) is 10.0 Å². The number of thiophene rings is 1. The number of amides is 1. The van der Waals surface area contributed by atoms with Gasteiger partial charge in [0.05, 0.1) is 30.2 Å². The number of pyridine rings is 1. The maximum atomic E-state index is 12.8. The van der Waals surface area contributed by atoms with Gasteiger partial charge >= 0.3 is 0 Å². The highest BCUT2D eigenvalue weighted by atomic mass is 35.5. The van der Waals surface area contributed by atoms with E-state index in [4.69, 9.17) is 28.2 Å². The van der Waals surface area contributed by atoms with Crippen molar-refractivity contribution in [1.29, 1.82) is 0 Å². The summed E-state index contributed by atoms with van der Waals surface area (Å²) >= 11 is 14.1. The van der Waals surface area contributed by atoms with Crippen molar-refractivity contribution in [3.63, 3.8) is 0 Å². The smallest absolute Gasteiger partial charge is 0.230 e. The zero-order chi connectivity index (χ0) is 28.6. The third-order valence-electron chi connectivity index (χ3n) is 6.99. The number of carbonyl (C=O) groups is 1. The van der Waals surface area contributed by atoms with Crippen LogP contribution >= 0.6 is 34.5 Å². The lowest BCUT2D eigenvalue weighted by atomic mass is 9.82. The molecule has 41 heavy (non-hydrogen) atoms. The molecule has 204 valence electrons. The van der Waals surface area contributed by atoms with Crippen molar-refractivity contribution in [2.45, 2.75) is 12.0 Å². The molecule has 0 aliphatic heterocycles. The molecular formula is C32H24Cl2N4O2S. The lowest BCUT2D eigenvalue weighted by Gasteiger charge is -2.30. The molecule has 0 bridgehead atoms. The molecule has 0 spiro atoms. The number of rotatable bonds is 7. The predicted molar refractivity (Wildman–Crippen MR) is 166 cm³/mol. The minimum atomic E-state index is -1.54. The Kier molecular flexibility index (Phi) is 7.36. The zero-order valence-electron chi connectivity index (χ0n) is 21.9. The molecular weight excluding hydrogens is 575 g/mol. The van der Waals surface area contributed by atoms with Gasteiger partial charge in [-0.15, -0.1) is 11.3 Å². The highest BCUT2D eigenvalue weighted by Gasteiger charge is 2.37. The molecule has 0 saturated carbocycles. The minimum Gasteiger partial charge on any atom is -0.374 e. The minimum absolute atomic E-state index is 0.152. The summed E-state index contributed by atoms with van der Waals surface area (Å²) in [6, 6.07) is 26.0. The van der Waals surface area contributed by atoms with Gasteiger partial charge in [-0.25, -0.2) is 9.97 Å². The summed E-state index contributed by atoms with van der Waals surface area (Å²) in [7, 11) is 1.84. The Bertz CT molecular complexity index is 1870. The van der Waals surface area contributed by atoms with Crippen LogP contribution in [-0.2, 0) is 23.9 Å². The van der Waals surface area contributed by atoms with Gasteiger partial charge < -0.3 is 15.0 Å². The average Bonchev–Trinajstić information content (AvgIpc) is 3.64. The molecule has 0 aliphatic rings. The molecule has 9 heteroatoms. The highest BCUT2D eigenvalue weighted by Crippen LogP contribution is 2.40. The van der Waals surface area contributed by atoms with E-state index in [0.29, 0.717) is 38.2 Å². The fraction of sp³-hybridized carbons (Fsp3) is 0.0938. The second kappa shape index (κ2) is 11.1. The van der Waals surface area contributed by atoms with Crippen LogP contribution in [0.25, 0.3) is 22.0 Å². The van der Waals surface area contributed by atoms with Crippen LogP contribution in [0.4, 0.5) is 5.82 Å². The SMILES string of the molecule is Cn1cncc1C(O)(c1ccc(Cl)cc1)c1ccc2nc(NC(=O)Cc3cccs3)cc(-c3cccc(Cl)c3)c2c1. The molecule has 2 N–H and O–H groups in total. The largest absolute Gasteiger partial charge is 0.374 e. The van der Waals surface area contributed by atoms with Crippen LogP contribution in [0.1, 0.15) is 21.7 Å². The van der Waals surface area contributed by atoms with E-state index in [9.17, 15) is 9.90 Å². The second-order valence-electron chi connectivity index (χ2n) is 9.71. The molecule has 3 heterocycles. The summed E-state index contributed by atoms with van der Waals surface area (Å²) in [6.45, 7) is 0. The third kappa shape index (κ3) is 5.37. The number of anilines is 1. The Hall–Kier alpha value is -4.01. The Morgan fingerprint density at radius 2 is 1.78 bits per heavy atom. The van der Waals surface area contributed by atoms with Crippen LogP contribution in [0.3, 0.4) is 0 Å². The summed E-state index contributed by atoms with van der Waals surface area (Å²) in [4.78, 5) is 22.8. The van der Waals surface area contributed by atoms with Crippen molar-refractivity contribution in [1.82, 2.24) is 14.5 Å². The zero-order valence-corrected chi connectivity index (χ0v) is 24.2. The lowest BCUT2D eigenvalue weighted by molar-refractivity contribution is -0.115. The molecule has 6 nitrogen and oxygen atoms in total. The van der Waals surface area contributed by atoms with E-state index in [2.05, 4.69) is 10.3 Å². The van der Waals surface area contributed by atoms with Crippen molar-refractivity contribution in [3.8, 4) is 11.1 Å². The molecule has 0 saturated heterocycles. The van der Waals surface area contributed by atoms with E-state index in [1.165, 1.54) is 11.3 Å². The fourth-order valence-electron chi connectivity index (χ4n) is 5.03. The first kappa shape index (κ1) is 27.2. The standard InChI is InChI=1S/C32H24Cl2N4O2S/c1-38-19-35-18-29(38)32(40,21-7-10-23(33)11-8-21)22-9-12-28-27(15-22)26(20-4-2-5-24(34)14-20)17-30(36-28)37-31(39)16-25-6-3-13-41-25/h2-15,17-19,40H,16H2,1H3,(H,36,37,39). The van der Waals surface area contributed by atoms with Gasteiger partial charge in [0.1, 0.15) is 5.82 Å². The quantitative estimate of drug-likeness (QED) is 0.200. The van der Waals surface area contributed by atoms with Gasteiger partial charge in [0.15, 0.2) is 5.60 Å². The molecule has 0 fully saturated rings. The van der Waals surface area contributed by atoms with Crippen LogP contribution in [0.15, 0.2) is 103 Å². The van der Waals surface area contributed by atoms with Crippen molar-refractivity contribution in [2.24, 2.45) is 7.05 Å². The first-order chi connectivity index (χ1) is 19.8. The maximum Gasteiger partial charge on any atom is 0.230 e. The topological polar surface area (TPSA) is 80.0 Å². The summed E-state index contributed by atoms with van der Waals surface area (Å²) in [5.74, 6) is 0.280. The van der Waals surface area contributed by atoms with Crippen molar-refractivity contribution in [2.75, 3.05) is 5.32 Å². The highest BCUT2D eigenvalue weighted by molar-refractivity contribution is 7.10. The lowest BCUT2D eigenvalue weighted by Crippen LogP contribution is -2.31. The van der Waals surface area contributed by atoms with Gasteiger partial charge in [0, 0.05) is 27.4 Å². The first-order valence-electron chi connectivity index (χ1n) is 12.8. The van der Waals surface area contributed by atoms with E-state index >= 15 is 0 Å². The molecule has 1 atom stereocenters. The van der Waals surface area contributed by atoms with Crippen LogP contribution in [0, 0.1) is 0 Å². The number of benzene rings is 3. The molecule has 0 radical (unpaired) electrons. The van der Waals surface area contributed by atoms with Gasteiger partial charge in [-0.3, -0.25) is 4.79 Å². The van der Waals surface area contributed by atoms with Crippen LogP contribution in [-0.4, -0.2) is 25.5 Å². The van der Waals surface area contributed by atoms with Gasteiger partial charge in [-0.2, -0.15) is 0 Å². The second-order valence-corrected chi connectivity index (χ2v) is 11.6. The monoisotopic (exact) mass is 598 g/mol. The normalized spacial score (nSPS) is 12.8. The number of carbonyl (C=O) groups excluding carboxylic acids is 1. The van der Waals surface area contributed by atoms with E-state index in [1.54, 1.807) is 29.2 Å². The number of halogens is 2. The number of hydrogen-bond acceptors (Lipinski definition) is 5. The number of hydrogen-bond donors (Lipinski definition) is 2. The van der Waals surface area contributed by atoms with E-state index in [-0.39, 0.29) is 12.3 Å². The average molecular weight is 600 g/mol. The number of aliphatic hydroxyl groups is 1. The van der Waals surface area contributed by atoms with Crippen molar-refractivity contribution >= 4 is 57.2 Å². The number of imidazole rings is 1. The molecule has 6 rings (SSSR count). The van der Waals surface area contributed by atoms with Crippen molar-refractivity contribution in [3.05, 3.63) is 135 Å². The van der Waals surface area contributed by atoms with Crippen LogP contribution in [0.5, 0.6) is 0 Å². The number of nitrogens with one attached hydrogen (secondary N) is 1. The van der Waals surface area contributed by atoms with Crippen molar-refractivity contribution < 1.29 is 9.90 Å². The molecule has 0 aliphatic carbocycles. The molecule has 6 aromatic rings. The van der Waals surface area contributed by atoms with E-state index in [0.717, 1.165) is 21.4 Å². The maximum absolute atomic E-state index is 12.8. The summed E-state index contributed by atoms with van der Waals surface area (Å²) in [6.07, 6.45) is 3.57. The molecule has 1 unspecified atom stereocenters. The first-order valence-corrected chi connectivity index (χ1v) is 14.4. The van der Waals surface area contributed by atoms with Gasteiger partial charge in [-0.05, 0) is 76.2 Å². The molecule has 3 aromatic heterocycles. The van der Waals surface area contributed by atoms with Gasteiger partial charge in [0.25, 0.3) is 0 Å². The molecule has 1 amide bonds. The fourth-order valence-corrected chi connectivity index (χ4v) is 6.05. The summed E-state index contributed by atoms with van der Waals surface area (Å²) < 4.78 is 1.79. The number of aryl methyl sites for hydroxylation is 1. The summed E-state index contributed by atoms with van der Waals surface area (Å²) in [5, 5.41) is 19.3. The van der Waals surface area contributed by atoms with Crippen LogP contribution < -0.4 is 5.32 Å². The third-order valence-corrected chi connectivity index (χ3v) is 8.36. The predicted octanol–water partition coefficient (Wildman–Crippen LogP) is 7.47. The van der Waals surface area contributed by atoms with E-state index < -0.39 is 5.60 Å². The Labute approximate surface area is 250 Å². The van der Waals surface area contributed by atoms with Gasteiger partial charge in [0.2, 0.25) is 5.91 Å². The number of aromatic nitrogens is 3. The number of fused-ring (bicyclic) bond motifs is 1. The van der Waals surface area contributed by atoms with Gasteiger partial charge in [-0.1, -0.05) is 59.6 Å². The summed E-state index contributed by atoms with van der Waals surface area (Å²) in [5.41, 5.74) is 2.63. The number of nitrogens with zero attached hydrogens (tertiary/aromatic N) is 3. The Morgan fingerprint density at radius 1 is 0.976 bits per heavy atom. The Balaban J connectivity index is 1.52.